The first-order valence-electron chi connectivity index (χ1n) is 8.51. The number of aromatic amines is 1. The molecule has 0 aromatic carbocycles. The van der Waals surface area contributed by atoms with Crippen LogP contribution in [0.5, 0.6) is 0 Å². The van der Waals surface area contributed by atoms with Crippen LogP contribution in [0, 0.1) is 13.8 Å². The van der Waals surface area contributed by atoms with Gasteiger partial charge in [-0.15, -0.1) is 0 Å². The fraction of sp³-hybridized carbons (Fsp3) is 0.588. The van der Waals surface area contributed by atoms with Crippen LogP contribution >= 0.6 is 0 Å². The molecular formula is C17H28N5O3Y-. The molecule has 1 radical (unpaired) electrons. The van der Waals surface area contributed by atoms with Crippen LogP contribution in [0.25, 0.3) is 0 Å². The molecule has 143 valence electrons. The molecule has 1 fully saturated rings. The van der Waals surface area contributed by atoms with Gasteiger partial charge in [-0.1, -0.05) is 19.3 Å². The molecule has 0 spiro atoms. The summed E-state index contributed by atoms with van der Waals surface area (Å²) in [7, 11) is 0. The van der Waals surface area contributed by atoms with Gasteiger partial charge in [-0.2, -0.15) is 0 Å². The van der Waals surface area contributed by atoms with Gasteiger partial charge in [0.2, 0.25) is 5.95 Å². The molecule has 1 aliphatic rings. The van der Waals surface area contributed by atoms with Gasteiger partial charge in [0.25, 0.3) is 5.56 Å². The molecule has 0 aliphatic heterocycles. The third-order valence-electron chi connectivity index (χ3n) is 3.85. The Hall–Kier alpha value is -1.41. The van der Waals surface area contributed by atoms with E-state index in [9.17, 15) is 14.4 Å². The maximum atomic E-state index is 11.9. The Morgan fingerprint density at radius 3 is 2.38 bits per heavy atom. The fourth-order valence-corrected chi connectivity index (χ4v) is 2.71. The topological polar surface area (TPSA) is 116 Å². The minimum atomic E-state index is -0.321. The predicted octanol–water partition coefficient (Wildman–Crippen LogP) is 1.88. The van der Waals surface area contributed by atoms with Crippen molar-refractivity contribution in [2.24, 2.45) is 0 Å². The molecule has 0 atom stereocenters. The van der Waals surface area contributed by atoms with E-state index in [2.05, 4.69) is 39.8 Å². The summed E-state index contributed by atoms with van der Waals surface area (Å²) in [4.78, 5) is 39.6. The van der Waals surface area contributed by atoms with Crippen molar-refractivity contribution in [1.82, 2.24) is 20.6 Å². The summed E-state index contributed by atoms with van der Waals surface area (Å²) in [6, 6.07) is 1.06. The number of hydrogen-bond donors (Lipinski definition) is 4. The molecule has 26 heavy (non-hydrogen) atoms. The van der Waals surface area contributed by atoms with Crippen molar-refractivity contribution in [2.75, 3.05) is 11.9 Å². The minimum Gasteiger partial charge on any atom is -0.381 e. The van der Waals surface area contributed by atoms with Crippen molar-refractivity contribution in [2.45, 2.75) is 58.4 Å². The molecular weight excluding hydrogens is 411 g/mol. The van der Waals surface area contributed by atoms with Crippen molar-refractivity contribution < 1.29 is 42.3 Å². The third-order valence-corrected chi connectivity index (χ3v) is 3.85. The number of H-pyrrole nitrogens is 1. The number of amides is 3. The van der Waals surface area contributed by atoms with E-state index in [0.717, 1.165) is 25.7 Å². The molecule has 3 amide bonds. The standard InChI is InChI=1S/C13H20N4O2.C4H8NO.Y/c1-9-8-10(18)15-11(14-9)16-12(19)17-13(2)6-4-3-5-7-13;1-3-5-4(2)6;/h8H,3-7H2,1-2H3,(H3,14,15,16,17,18,19);2-3H2,1H3,(H,5,6);/q;-1;. The second-order valence-corrected chi connectivity index (χ2v) is 6.39. The SMILES string of the molecule is Cc1cc(=O)[nH]c(NC(=O)NC2(C)CCCCC2)n1.[CH2-]C(=O)NCC.[Y]. The van der Waals surface area contributed by atoms with Gasteiger partial charge in [0, 0.05) is 56.6 Å². The van der Waals surface area contributed by atoms with Crippen molar-refractivity contribution in [1.29, 1.82) is 0 Å². The van der Waals surface area contributed by atoms with Crippen LogP contribution in [0.1, 0.15) is 51.6 Å². The van der Waals surface area contributed by atoms with E-state index in [-0.39, 0.29) is 61.7 Å². The van der Waals surface area contributed by atoms with Crippen LogP contribution in [0.15, 0.2) is 10.9 Å². The number of carbonyl (C=O) groups excluding carboxylic acids is 2. The fourth-order valence-electron chi connectivity index (χ4n) is 2.71. The van der Waals surface area contributed by atoms with Gasteiger partial charge in [0.1, 0.15) is 0 Å². The molecule has 1 aromatic rings. The van der Waals surface area contributed by atoms with E-state index in [1.807, 2.05) is 6.92 Å². The van der Waals surface area contributed by atoms with Gasteiger partial charge >= 0.3 is 6.03 Å². The van der Waals surface area contributed by atoms with E-state index in [1.54, 1.807) is 6.92 Å². The summed E-state index contributed by atoms with van der Waals surface area (Å²) in [5.74, 6) is -0.0283. The van der Waals surface area contributed by atoms with Crippen LogP contribution in [0.2, 0.25) is 0 Å². The van der Waals surface area contributed by atoms with Crippen molar-refractivity contribution in [3.05, 3.63) is 29.0 Å². The molecule has 1 saturated carbocycles. The number of carbonyl (C=O) groups is 2. The summed E-state index contributed by atoms with van der Waals surface area (Å²) < 4.78 is 0. The number of nitrogens with zero attached hydrogens (tertiary/aromatic N) is 1. The van der Waals surface area contributed by atoms with E-state index < -0.39 is 0 Å². The second-order valence-electron chi connectivity index (χ2n) is 6.39. The number of urea groups is 1. The van der Waals surface area contributed by atoms with Crippen molar-refractivity contribution >= 4 is 17.9 Å². The Balaban J connectivity index is 0.000000777. The quantitative estimate of drug-likeness (QED) is 0.538. The first-order chi connectivity index (χ1) is 11.7. The predicted molar refractivity (Wildman–Crippen MR) is 97.3 cm³/mol. The molecule has 9 heteroatoms. The maximum absolute atomic E-state index is 11.9. The Bertz CT molecular complexity index is 642. The van der Waals surface area contributed by atoms with Gasteiger partial charge < -0.3 is 22.4 Å². The van der Waals surface area contributed by atoms with Crippen molar-refractivity contribution in [3.63, 3.8) is 0 Å². The van der Waals surface area contributed by atoms with Crippen LogP contribution in [0.3, 0.4) is 0 Å². The number of aryl methyl sites for hydroxylation is 1. The average molecular weight is 439 g/mol. The number of hydrogen-bond acceptors (Lipinski definition) is 4. The van der Waals surface area contributed by atoms with Gasteiger partial charge in [0.05, 0.1) is 5.91 Å². The van der Waals surface area contributed by atoms with E-state index in [0.29, 0.717) is 12.2 Å². The molecule has 0 bridgehead atoms. The first-order valence-corrected chi connectivity index (χ1v) is 8.51. The van der Waals surface area contributed by atoms with E-state index in [1.165, 1.54) is 12.5 Å². The summed E-state index contributed by atoms with van der Waals surface area (Å²) in [6.45, 7) is 9.36. The zero-order chi connectivity index (χ0) is 18.9. The number of rotatable bonds is 3. The summed E-state index contributed by atoms with van der Waals surface area (Å²) in [5.41, 5.74) is 0.140. The van der Waals surface area contributed by atoms with Gasteiger partial charge in [-0.3, -0.25) is 15.1 Å². The maximum Gasteiger partial charge on any atom is 0.321 e. The molecule has 1 aromatic heterocycles. The molecule has 0 saturated heterocycles. The number of nitrogens with one attached hydrogen (secondary N) is 4. The van der Waals surface area contributed by atoms with E-state index in [4.69, 9.17) is 0 Å². The Kier molecular flexibility index (Phi) is 11.4. The van der Waals surface area contributed by atoms with Gasteiger partial charge in [-0.25, -0.2) is 9.78 Å². The average Bonchev–Trinajstić information content (AvgIpc) is 2.46. The largest absolute Gasteiger partial charge is 0.381 e. The zero-order valence-electron chi connectivity index (χ0n) is 15.8. The molecule has 0 unspecified atom stereocenters. The van der Waals surface area contributed by atoms with Crippen LogP contribution in [-0.4, -0.2) is 34.0 Å². The van der Waals surface area contributed by atoms with Crippen LogP contribution < -0.4 is 21.5 Å². The molecule has 8 nitrogen and oxygen atoms in total. The van der Waals surface area contributed by atoms with E-state index >= 15 is 0 Å². The Morgan fingerprint density at radius 2 is 1.92 bits per heavy atom. The summed E-state index contributed by atoms with van der Waals surface area (Å²) >= 11 is 0. The Morgan fingerprint density at radius 1 is 1.31 bits per heavy atom. The second kappa shape index (κ2) is 12.1. The van der Waals surface area contributed by atoms with Crippen molar-refractivity contribution in [3.8, 4) is 0 Å². The molecule has 4 N–H and O–H groups in total. The molecule has 2 rings (SSSR count). The normalized spacial score (nSPS) is 14.7. The summed E-state index contributed by atoms with van der Waals surface area (Å²) in [6.07, 6.45) is 5.47. The third kappa shape index (κ3) is 9.92. The number of aromatic nitrogens is 2. The van der Waals surface area contributed by atoms with Crippen LogP contribution in [0.4, 0.5) is 10.7 Å². The van der Waals surface area contributed by atoms with Crippen LogP contribution in [-0.2, 0) is 37.5 Å². The molecule has 1 aliphatic carbocycles. The monoisotopic (exact) mass is 439 g/mol. The molecule has 1 heterocycles. The first kappa shape index (κ1) is 24.6. The zero-order valence-corrected chi connectivity index (χ0v) is 18.6. The summed E-state index contributed by atoms with van der Waals surface area (Å²) in [5, 5.41) is 8.01. The smallest absolute Gasteiger partial charge is 0.321 e. The Labute approximate surface area is 179 Å². The van der Waals surface area contributed by atoms with Gasteiger partial charge in [0.15, 0.2) is 0 Å². The number of anilines is 1. The van der Waals surface area contributed by atoms with Gasteiger partial charge in [-0.05, 0) is 33.6 Å². The minimum absolute atomic E-state index is 0.